The van der Waals surface area contributed by atoms with Gasteiger partial charge in [-0.3, -0.25) is 0 Å². The first-order valence-electron chi connectivity index (χ1n) is 7.98. The molecule has 1 atom stereocenters. The van der Waals surface area contributed by atoms with Crippen LogP contribution in [0.4, 0.5) is 0 Å². The van der Waals surface area contributed by atoms with E-state index in [1.54, 1.807) is 0 Å². The first-order chi connectivity index (χ1) is 10.2. The molecule has 4 heteroatoms. The van der Waals surface area contributed by atoms with E-state index in [0.717, 1.165) is 36.9 Å². The molecule has 1 saturated heterocycles. The Kier molecular flexibility index (Phi) is 4.75. The molecule has 21 heavy (non-hydrogen) atoms. The van der Waals surface area contributed by atoms with Crippen LogP contribution >= 0.6 is 15.9 Å². The quantitative estimate of drug-likeness (QED) is 0.894. The van der Waals surface area contributed by atoms with Gasteiger partial charge in [-0.1, -0.05) is 29.8 Å². The molecule has 2 aliphatic heterocycles. The van der Waals surface area contributed by atoms with Crippen molar-refractivity contribution in [3.63, 3.8) is 0 Å². The summed E-state index contributed by atoms with van der Waals surface area (Å²) in [4.78, 5) is 0. The van der Waals surface area contributed by atoms with Crippen molar-refractivity contribution < 1.29 is 9.47 Å². The van der Waals surface area contributed by atoms with Gasteiger partial charge < -0.3 is 14.8 Å². The summed E-state index contributed by atoms with van der Waals surface area (Å²) in [6.07, 6.45) is 3.70. The molecule has 0 amide bonds. The van der Waals surface area contributed by atoms with E-state index < -0.39 is 0 Å². The second kappa shape index (κ2) is 6.57. The monoisotopic (exact) mass is 353 g/mol. The molecule has 1 N–H and O–H groups in total. The van der Waals surface area contributed by atoms with Crippen LogP contribution in [0.2, 0.25) is 0 Å². The lowest BCUT2D eigenvalue weighted by Crippen LogP contribution is -2.31. The molecule has 116 valence electrons. The molecule has 1 unspecified atom stereocenters. The Bertz CT molecular complexity index is 510. The Morgan fingerprint density at radius 1 is 1.33 bits per heavy atom. The van der Waals surface area contributed by atoms with Gasteiger partial charge in [-0.15, -0.1) is 0 Å². The van der Waals surface area contributed by atoms with E-state index in [2.05, 4.69) is 41.2 Å². The number of piperidine rings is 1. The molecule has 0 radical (unpaired) electrons. The minimum absolute atomic E-state index is 0.435. The van der Waals surface area contributed by atoms with Crippen LogP contribution in [0.1, 0.15) is 43.7 Å². The highest BCUT2D eigenvalue weighted by Crippen LogP contribution is 2.44. The zero-order valence-corrected chi connectivity index (χ0v) is 14.5. The topological polar surface area (TPSA) is 30.5 Å². The third kappa shape index (κ3) is 3.21. The van der Waals surface area contributed by atoms with Gasteiger partial charge in [-0.05, 0) is 55.8 Å². The maximum absolute atomic E-state index is 5.94. The van der Waals surface area contributed by atoms with E-state index in [1.807, 2.05) is 0 Å². The largest absolute Gasteiger partial charge is 0.486 e. The minimum Gasteiger partial charge on any atom is -0.486 e. The van der Waals surface area contributed by atoms with Crippen LogP contribution < -0.4 is 14.8 Å². The van der Waals surface area contributed by atoms with Gasteiger partial charge in [0.05, 0.1) is 0 Å². The fourth-order valence-corrected chi connectivity index (χ4v) is 4.01. The normalized spacial score (nSPS) is 21.6. The fourth-order valence-electron chi connectivity index (χ4n) is 3.42. The van der Waals surface area contributed by atoms with Crippen LogP contribution in [0.15, 0.2) is 10.5 Å². The lowest BCUT2D eigenvalue weighted by molar-refractivity contribution is 0.169. The SMILES string of the molecule is CC(C)c1c(CC2CCCNC2)c(Br)cc2c1OCCO2. The number of ether oxygens (including phenoxy) is 2. The smallest absolute Gasteiger partial charge is 0.165 e. The maximum atomic E-state index is 5.94. The zero-order chi connectivity index (χ0) is 14.8. The van der Waals surface area contributed by atoms with Gasteiger partial charge in [0.2, 0.25) is 0 Å². The number of hydrogen-bond donors (Lipinski definition) is 1. The predicted molar refractivity (Wildman–Crippen MR) is 88.5 cm³/mol. The Hall–Kier alpha value is -0.740. The lowest BCUT2D eigenvalue weighted by Gasteiger charge is -2.29. The summed E-state index contributed by atoms with van der Waals surface area (Å²) in [7, 11) is 0. The average Bonchev–Trinajstić information content (AvgIpc) is 2.48. The molecular weight excluding hydrogens is 330 g/mol. The van der Waals surface area contributed by atoms with E-state index in [-0.39, 0.29) is 0 Å². The molecule has 1 aromatic carbocycles. The summed E-state index contributed by atoms with van der Waals surface area (Å²) < 4.78 is 12.9. The Balaban J connectivity index is 1.97. The molecular formula is C17H24BrNO2. The molecule has 2 heterocycles. The summed E-state index contributed by atoms with van der Waals surface area (Å²) in [6, 6.07) is 2.09. The minimum atomic E-state index is 0.435. The standard InChI is InChI=1S/C17H24BrNO2/c1-11(2)16-13(8-12-4-3-5-19-10-12)14(18)9-15-17(16)21-7-6-20-15/h9,11-12,19H,3-8,10H2,1-2H3. The van der Waals surface area contributed by atoms with Gasteiger partial charge in [0.25, 0.3) is 0 Å². The number of fused-ring (bicyclic) bond motifs is 1. The Morgan fingerprint density at radius 3 is 2.86 bits per heavy atom. The van der Waals surface area contributed by atoms with Crippen LogP contribution in [0.3, 0.4) is 0 Å². The molecule has 3 nitrogen and oxygen atoms in total. The van der Waals surface area contributed by atoms with Gasteiger partial charge >= 0.3 is 0 Å². The zero-order valence-electron chi connectivity index (χ0n) is 12.9. The van der Waals surface area contributed by atoms with E-state index >= 15 is 0 Å². The van der Waals surface area contributed by atoms with Crippen LogP contribution in [0, 0.1) is 5.92 Å². The van der Waals surface area contributed by atoms with Crippen molar-refractivity contribution in [2.24, 2.45) is 5.92 Å². The molecule has 0 spiro atoms. The highest BCUT2D eigenvalue weighted by Gasteiger charge is 2.26. The Morgan fingerprint density at radius 2 is 2.14 bits per heavy atom. The van der Waals surface area contributed by atoms with Crippen molar-refractivity contribution in [2.75, 3.05) is 26.3 Å². The molecule has 0 aliphatic carbocycles. The van der Waals surface area contributed by atoms with Gasteiger partial charge in [0, 0.05) is 10.0 Å². The van der Waals surface area contributed by atoms with E-state index in [1.165, 1.54) is 28.4 Å². The predicted octanol–water partition coefficient (Wildman–Crippen LogP) is 3.89. The molecule has 0 bridgehead atoms. The number of hydrogen-bond acceptors (Lipinski definition) is 3. The molecule has 2 aliphatic rings. The molecule has 3 rings (SSSR count). The first kappa shape index (κ1) is 15.2. The van der Waals surface area contributed by atoms with E-state index in [0.29, 0.717) is 19.1 Å². The van der Waals surface area contributed by atoms with Crippen molar-refractivity contribution >= 4 is 15.9 Å². The number of rotatable bonds is 3. The van der Waals surface area contributed by atoms with Gasteiger partial charge in [-0.2, -0.15) is 0 Å². The third-order valence-corrected chi connectivity index (χ3v) is 5.10. The Labute approximate surface area is 135 Å². The van der Waals surface area contributed by atoms with Gasteiger partial charge in [-0.25, -0.2) is 0 Å². The molecule has 0 saturated carbocycles. The summed E-state index contributed by atoms with van der Waals surface area (Å²) in [6.45, 7) is 8.06. The van der Waals surface area contributed by atoms with E-state index in [4.69, 9.17) is 9.47 Å². The molecule has 0 aromatic heterocycles. The van der Waals surface area contributed by atoms with Crippen molar-refractivity contribution in [2.45, 2.75) is 39.0 Å². The average molecular weight is 354 g/mol. The lowest BCUT2D eigenvalue weighted by atomic mass is 9.86. The molecule has 1 fully saturated rings. The van der Waals surface area contributed by atoms with E-state index in [9.17, 15) is 0 Å². The van der Waals surface area contributed by atoms with Crippen molar-refractivity contribution in [3.8, 4) is 11.5 Å². The highest BCUT2D eigenvalue weighted by atomic mass is 79.9. The van der Waals surface area contributed by atoms with Crippen molar-refractivity contribution in [3.05, 3.63) is 21.7 Å². The summed E-state index contributed by atoms with van der Waals surface area (Å²) in [5.41, 5.74) is 2.73. The van der Waals surface area contributed by atoms with Crippen molar-refractivity contribution in [1.82, 2.24) is 5.32 Å². The van der Waals surface area contributed by atoms with Crippen LogP contribution in [0.25, 0.3) is 0 Å². The third-order valence-electron chi connectivity index (χ3n) is 4.40. The summed E-state index contributed by atoms with van der Waals surface area (Å²) in [5, 5.41) is 3.51. The highest BCUT2D eigenvalue weighted by molar-refractivity contribution is 9.10. The summed E-state index contributed by atoms with van der Waals surface area (Å²) >= 11 is 3.77. The second-order valence-corrected chi connectivity index (χ2v) is 7.20. The van der Waals surface area contributed by atoms with Gasteiger partial charge in [0.15, 0.2) is 11.5 Å². The van der Waals surface area contributed by atoms with Crippen LogP contribution in [-0.2, 0) is 6.42 Å². The first-order valence-corrected chi connectivity index (χ1v) is 8.77. The number of nitrogens with one attached hydrogen (secondary N) is 1. The fraction of sp³-hybridized carbons (Fsp3) is 0.647. The van der Waals surface area contributed by atoms with Crippen LogP contribution in [0.5, 0.6) is 11.5 Å². The number of halogens is 1. The maximum Gasteiger partial charge on any atom is 0.165 e. The number of benzene rings is 1. The molecule has 1 aromatic rings. The van der Waals surface area contributed by atoms with Gasteiger partial charge in [0.1, 0.15) is 13.2 Å². The second-order valence-electron chi connectivity index (χ2n) is 6.35. The summed E-state index contributed by atoms with van der Waals surface area (Å²) in [5.74, 6) is 3.01. The van der Waals surface area contributed by atoms with Crippen molar-refractivity contribution in [1.29, 1.82) is 0 Å². The van der Waals surface area contributed by atoms with Crippen LogP contribution in [-0.4, -0.2) is 26.3 Å².